The maximum Gasteiger partial charge on any atom is 0.446 e. The van der Waals surface area contributed by atoms with Gasteiger partial charge in [0, 0.05) is 68.0 Å². The van der Waals surface area contributed by atoms with Crippen molar-refractivity contribution in [2.45, 2.75) is 48.3 Å². The van der Waals surface area contributed by atoms with Gasteiger partial charge in [-0.1, -0.05) is 0 Å². The Balaban J connectivity index is 1.11. The smallest absolute Gasteiger partial charge is 0.382 e. The number of nitrogens with one attached hydrogen (secondary N) is 1. The molecule has 2 aliphatic rings. The molecule has 0 aromatic heterocycles. The van der Waals surface area contributed by atoms with Crippen molar-refractivity contribution in [3.63, 3.8) is 0 Å². The van der Waals surface area contributed by atoms with Gasteiger partial charge in [0.05, 0.1) is 5.56 Å². The quantitative estimate of drug-likeness (QED) is 0.295. The second-order valence-electron chi connectivity index (χ2n) is 9.85. The lowest BCUT2D eigenvalue weighted by Crippen LogP contribution is -2.47. The fourth-order valence-corrected chi connectivity index (χ4v) is 5.50. The summed E-state index contributed by atoms with van der Waals surface area (Å²) >= 11 is -0.134. The van der Waals surface area contributed by atoms with Crippen molar-refractivity contribution in [1.82, 2.24) is 9.80 Å². The van der Waals surface area contributed by atoms with Crippen LogP contribution in [0.3, 0.4) is 0 Å². The molecule has 1 N–H and O–H groups in total. The minimum atomic E-state index is -4.33. The van der Waals surface area contributed by atoms with Gasteiger partial charge >= 0.3 is 11.7 Å². The molecule has 1 amide bonds. The predicted molar refractivity (Wildman–Crippen MR) is 141 cm³/mol. The number of anilines is 2. The number of piperazine rings is 1. The zero-order valence-corrected chi connectivity index (χ0v) is 22.2. The molecule has 2 aliphatic heterocycles. The summed E-state index contributed by atoms with van der Waals surface area (Å²) in [5.41, 5.74) is -3.40. The molecule has 0 unspecified atom stereocenters. The standard InChI is InChI=1S/C27H32F6N4OS/c28-26(29,30)20-3-7-23(8-4-20)36-18-16-35(17-19-36)13-1-2-25(38)37-14-11-22(12-15-37)34-21-5-9-24(10-6-21)39-27(31,32)33/h3-10,22,34H,1-2,11-19H2. The number of amides is 1. The Morgan fingerprint density at radius 1 is 0.846 bits per heavy atom. The van der Waals surface area contributed by atoms with Crippen LogP contribution >= 0.6 is 11.8 Å². The van der Waals surface area contributed by atoms with Crippen LogP contribution < -0.4 is 10.2 Å². The maximum atomic E-state index is 12.8. The number of carbonyl (C=O) groups excluding carboxylic acids is 1. The number of rotatable bonds is 8. The van der Waals surface area contributed by atoms with Crippen molar-refractivity contribution in [1.29, 1.82) is 0 Å². The minimum Gasteiger partial charge on any atom is -0.382 e. The van der Waals surface area contributed by atoms with Crippen LogP contribution in [0.2, 0.25) is 0 Å². The Hall–Kier alpha value is -2.60. The number of likely N-dealkylation sites (tertiary alicyclic amines) is 1. The Bertz CT molecular complexity index is 1060. The van der Waals surface area contributed by atoms with Gasteiger partial charge in [0.1, 0.15) is 0 Å². The van der Waals surface area contributed by atoms with Gasteiger partial charge in [0.2, 0.25) is 5.91 Å². The molecule has 2 aromatic carbocycles. The topological polar surface area (TPSA) is 38.8 Å². The second-order valence-corrected chi connectivity index (χ2v) is 11.0. The highest BCUT2D eigenvalue weighted by molar-refractivity contribution is 8.00. The van der Waals surface area contributed by atoms with Gasteiger partial charge in [-0.15, -0.1) is 0 Å². The molecule has 12 heteroatoms. The SMILES string of the molecule is O=C(CCCN1CCN(c2ccc(C(F)(F)F)cc2)CC1)N1CCC(Nc2ccc(SC(F)(F)F)cc2)CC1. The third-order valence-electron chi connectivity index (χ3n) is 7.10. The zero-order chi connectivity index (χ0) is 28.0. The van der Waals surface area contributed by atoms with Crippen LogP contribution in [-0.2, 0) is 11.0 Å². The summed E-state index contributed by atoms with van der Waals surface area (Å²) in [6.07, 6.45) is -1.57. The van der Waals surface area contributed by atoms with Gasteiger partial charge < -0.3 is 15.1 Å². The second kappa shape index (κ2) is 12.7. The Labute approximate surface area is 228 Å². The highest BCUT2D eigenvalue weighted by Gasteiger charge is 2.31. The van der Waals surface area contributed by atoms with Crippen LogP contribution in [0, 0.1) is 0 Å². The van der Waals surface area contributed by atoms with Gasteiger partial charge in [0.15, 0.2) is 0 Å². The number of piperidine rings is 1. The molecule has 0 aliphatic carbocycles. The molecule has 0 atom stereocenters. The molecule has 39 heavy (non-hydrogen) atoms. The number of thioether (sulfide) groups is 1. The maximum absolute atomic E-state index is 12.8. The number of hydrogen-bond donors (Lipinski definition) is 1. The van der Waals surface area contributed by atoms with E-state index in [1.807, 2.05) is 4.90 Å². The van der Waals surface area contributed by atoms with Crippen molar-refractivity contribution < 1.29 is 31.1 Å². The van der Waals surface area contributed by atoms with E-state index >= 15 is 0 Å². The van der Waals surface area contributed by atoms with Crippen LogP contribution in [0.25, 0.3) is 0 Å². The van der Waals surface area contributed by atoms with Crippen LogP contribution in [0.15, 0.2) is 53.4 Å². The molecule has 2 heterocycles. The van der Waals surface area contributed by atoms with E-state index in [0.717, 1.165) is 75.5 Å². The lowest BCUT2D eigenvalue weighted by molar-refractivity contribution is -0.137. The molecule has 0 spiro atoms. The van der Waals surface area contributed by atoms with E-state index in [4.69, 9.17) is 0 Å². The number of benzene rings is 2. The van der Waals surface area contributed by atoms with E-state index in [0.29, 0.717) is 19.5 Å². The molecular formula is C27H32F6N4OS. The van der Waals surface area contributed by atoms with Crippen molar-refractivity contribution in [3.05, 3.63) is 54.1 Å². The lowest BCUT2D eigenvalue weighted by Gasteiger charge is -2.36. The number of nitrogens with zero attached hydrogens (tertiary/aromatic N) is 3. The Morgan fingerprint density at radius 3 is 2.03 bits per heavy atom. The predicted octanol–water partition coefficient (Wildman–Crippen LogP) is 6.32. The first-order chi connectivity index (χ1) is 18.5. The number of hydrogen-bond acceptors (Lipinski definition) is 5. The Kier molecular flexibility index (Phi) is 9.58. The molecular weight excluding hydrogens is 542 g/mol. The van der Waals surface area contributed by atoms with Crippen molar-refractivity contribution in [3.8, 4) is 0 Å². The largest absolute Gasteiger partial charge is 0.446 e. The molecule has 0 saturated carbocycles. The molecule has 0 bridgehead atoms. The lowest BCUT2D eigenvalue weighted by atomic mass is 10.0. The summed E-state index contributed by atoms with van der Waals surface area (Å²) in [6.45, 7) is 5.12. The minimum absolute atomic E-state index is 0.130. The number of carbonyl (C=O) groups is 1. The van der Waals surface area contributed by atoms with Gasteiger partial charge in [-0.05, 0) is 86.1 Å². The van der Waals surface area contributed by atoms with E-state index in [-0.39, 0.29) is 28.6 Å². The van der Waals surface area contributed by atoms with E-state index in [2.05, 4.69) is 15.1 Å². The first kappa shape index (κ1) is 29.4. The average molecular weight is 575 g/mol. The molecule has 0 radical (unpaired) electrons. The first-order valence-electron chi connectivity index (χ1n) is 13.0. The average Bonchev–Trinajstić information content (AvgIpc) is 2.89. The summed E-state index contributed by atoms with van der Waals surface area (Å²) < 4.78 is 75.8. The fraction of sp³-hybridized carbons (Fsp3) is 0.519. The molecule has 2 saturated heterocycles. The van der Waals surface area contributed by atoms with Gasteiger partial charge in [-0.3, -0.25) is 9.69 Å². The van der Waals surface area contributed by atoms with Crippen LogP contribution in [0.1, 0.15) is 31.2 Å². The zero-order valence-electron chi connectivity index (χ0n) is 21.4. The summed E-state index contributed by atoms with van der Waals surface area (Å²) in [6, 6.07) is 11.6. The number of halogens is 6. The Morgan fingerprint density at radius 2 is 1.46 bits per heavy atom. The monoisotopic (exact) mass is 574 g/mol. The number of alkyl halides is 6. The normalized spacial score (nSPS) is 17.9. The van der Waals surface area contributed by atoms with Crippen LogP contribution in [0.4, 0.5) is 37.7 Å². The van der Waals surface area contributed by atoms with Crippen molar-refractivity contribution in [2.24, 2.45) is 0 Å². The third kappa shape index (κ3) is 8.96. The molecule has 214 valence electrons. The van der Waals surface area contributed by atoms with Gasteiger partial charge in [-0.25, -0.2) is 0 Å². The summed E-state index contributed by atoms with van der Waals surface area (Å²) in [4.78, 5) is 19.1. The molecule has 2 fully saturated rings. The van der Waals surface area contributed by atoms with Crippen LogP contribution in [0.5, 0.6) is 0 Å². The molecule has 4 rings (SSSR count). The third-order valence-corrected chi connectivity index (χ3v) is 7.84. The first-order valence-corrected chi connectivity index (χ1v) is 13.8. The van der Waals surface area contributed by atoms with E-state index < -0.39 is 17.2 Å². The van der Waals surface area contributed by atoms with Crippen LogP contribution in [-0.4, -0.2) is 73.1 Å². The van der Waals surface area contributed by atoms with E-state index in [1.54, 1.807) is 12.1 Å². The van der Waals surface area contributed by atoms with E-state index in [9.17, 15) is 31.1 Å². The summed E-state index contributed by atoms with van der Waals surface area (Å²) in [5.74, 6) is 0.130. The summed E-state index contributed by atoms with van der Waals surface area (Å²) in [7, 11) is 0. The molecule has 2 aromatic rings. The van der Waals surface area contributed by atoms with Crippen molar-refractivity contribution >= 4 is 29.0 Å². The fourth-order valence-electron chi connectivity index (χ4n) is 4.96. The van der Waals surface area contributed by atoms with Gasteiger partial charge in [0.25, 0.3) is 0 Å². The highest BCUT2D eigenvalue weighted by Crippen LogP contribution is 2.37. The summed E-state index contributed by atoms with van der Waals surface area (Å²) in [5, 5.41) is 3.35. The highest BCUT2D eigenvalue weighted by atomic mass is 32.2. The van der Waals surface area contributed by atoms with Crippen molar-refractivity contribution in [2.75, 3.05) is 56.0 Å². The van der Waals surface area contributed by atoms with E-state index in [1.165, 1.54) is 24.3 Å². The molecule has 5 nitrogen and oxygen atoms in total. The van der Waals surface area contributed by atoms with Gasteiger partial charge in [-0.2, -0.15) is 26.3 Å².